The first kappa shape index (κ1) is 59.0. The normalized spacial score (nSPS) is 26.6. The van der Waals surface area contributed by atoms with Crippen molar-refractivity contribution in [3.05, 3.63) is 35.9 Å². The SMILES string of the molecule is CC[C@H](C)[C@@H]1NC(=O)CNC(=O)[C@@H]2Cc3c([nH]c4cc(OCCCCCCN5C(=O)C=CC5=O)ccc34)S(=O)C[C@H](NC(=O)CNC1=O)C(=O)N[C@@H](CC(N)=O)C(=O)N1C[C@H](O)C[C@H]1C(=O)N[C@@H]([C@@H](C)[C@@H](O)CO)C(=O)N2. The minimum atomic E-state index is -2.41. The molecular weight excluding hydrogens is 1030 g/mol. The maximum Gasteiger partial charge on any atom is 0.253 e. The molecular formula is C49H67N11O16S. The smallest absolute Gasteiger partial charge is 0.253 e. The monoisotopic (exact) mass is 1100 g/mol. The minimum absolute atomic E-state index is 0.109. The summed E-state index contributed by atoms with van der Waals surface area (Å²) in [5.74, 6) is -12.3. The van der Waals surface area contributed by atoms with Gasteiger partial charge in [0.2, 0.25) is 53.2 Å². The lowest BCUT2D eigenvalue weighted by Gasteiger charge is -2.32. The van der Waals surface area contributed by atoms with E-state index in [0.717, 1.165) is 9.80 Å². The van der Waals surface area contributed by atoms with Crippen molar-refractivity contribution in [1.29, 1.82) is 0 Å². The van der Waals surface area contributed by atoms with Gasteiger partial charge in [-0.25, -0.2) is 0 Å². The number of imide groups is 1. The number of unbranched alkanes of at least 4 members (excludes halogenated alkanes) is 3. The van der Waals surface area contributed by atoms with Crippen molar-refractivity contribution in [2.45, 2.75) is 126 Å². The summed E-state index contributed by atoms with van der Waals surface area (Å²) in [5.41, 5.74) is 5.93. The van der Waals surface area contributed by atoms with E-state index in [-0.39, 0.29) is 41.1 Å². The van der Waals surface area contributed by atoms with E-state index < -0.39 is 176 Å². The molecule has 2 aromatic rings. The van der Waals surface area contributed by atoms with Gasteiger partial charge in [-0.1, -0.05) is 40.0 Å². The van der Waals surface area contributed by atoms with E-state index in [0.29, 0.717) is 43.2 Å². The fourth-order valence-corrected chi connectivity index (χ4v) is 10.7. The van der Waals surface area contributed by atoms with Gasteiger partial charge < -0.3 is 72.9 Å². The number of aliphatic hydroxyl groups is 3. The Bertz CT molecular complexity index is 2660. The van der Waals surface area contributed by atoms with Crippen LogP contribution in [-0.4, -0.2) is 193 Å². The molecule has 0 spiro atoms. The van der Waals surface area contributed by atoms with Crippen LogP contribution >= 0.6 is 0 Å². The second kappa shape index (κ2) is 26.6. The van der Waals surface area contributed by atoms with Crippen LogP contribution in [0.25, 0.3) is 10.9 Å². The molecule has 28 heteroatoms. The molecule has 27 nitrogen and oxygen atoms in total. The van der Waals surface area contributed by atoms with Gasteiger partial charge in [0.1, 0.15) is 47.0 Å². The average molecular weight is 1100 g/mol. The number of hydrogen-bond donors (Lipinski definition) is 12. The summed E-state index contributed by atoms with van der Waals surface area (Å²) in [7, 11) is -2.41. The van der Waals surface area contributed by atoms with Gasteiger partial charge in [-0.2, -0.15) is 0 Å². The number of aliphatic hydroxyl groups excluding tert-OH is 3. The Morgan fingerprint density at radius 3 is 2.17 bits per heavy atom. The number of aromatic amines is 1. The number of benzene rings is 1. The van der Waals surface area contributed by atoms with E-state index in [1.807, 2.05) is 0 Å². The van der Waals surface area contributed by atoms with E-state index in [2.05, 4.69) is 42.2 Å². The van der Waals surface area contributed by atoms with Crippen LogP contribution in [0.1, 0.15) is 71.3 Å². The number of rotatable bonds is 15. The number of hydrogen-bond acceptors (Lipinski definition) is 16. The van der Waals surface area contributed by atoms with Gasteiger partial charge in [0, 0.05) is 55.5 Å². The van der Waals surface area contributed by atoms with Crippen LogP contribution in [0.15, 0.2) is 35.4 Å². The van der Waals surface area contributed by atoms with E-state index in [9.17, 15) is 72.3 Å². The van der Waals surface area contributed by atoms with Gasteiger partial charge in [0.25, 0.3) is 11.8 Å². The first-order valence-corrected chi connectivity index (χ1v) is 26.7. The van der Waals surface area contributed by atoms with Crippen LogP contribution in [0.4, 0.5) is 0 Å². The van der Waals surface area contributed by atoms with Crippen molar-refractivity contribution in [2.24, 2.45) is 17.6 Å². The number of nitrogens with one attached hydrogen (secondary N) is 8. The molecule has 1 aromatic heterocycles. The Hall–Kier alpha value is -7.30. The fraction of sp³-hybridized carbons (Fsp3) is 0.571. The zero-order valence-electron chi connectivity index (χ0n) is 42.8. The van der Waals surface area contributed by atoms with E-state index >= 15 is 0 Å². The van der Waals surface area contributed by atoms with Crippen LogP contribution in [0.5, 0.6) is 5.75 Å². The number of ether oxygens (including phenoxy) is 1. The summed E-state index contributed by atoms with van der Waals surface area (Å²) in [4.78, 5) is 154. The standard InChI is InChI=1S/C49H67N11O16S/c1-4-24(2)41-46(72)52-19-37(65)53-33-23-77(75)48-29(28-10-9-27(16-30(28)56-48)76-14-8-6-5-7-13-59-39(67)11-12-40(59)68)17-31(43(69)51-20-38(66)57-41)54-47(73)42(25(3)35(63)22-61)58-45(71)34-15-26(62)21-60(34)49(74)32(18-36(50)64)55-44(33)70/h9-12,16,24-26,31-35,41-42,56,61-63H,4-8,13-15,17-23H2,1-3H3,(H2,50,64)(H,51,69)(H,52,72)(H,53,65)(H,54,73)(H,55,70)(H,57,66)(H,58,71)/t24-,25-,26+,31-,32-,33-,34-,35-,41-,42-,77?/m0/s1. The molecule has 11 amide bonds. The quantitative estimate of drug-likeness (QED) is 0.0589. The molecule has 4 aliphatic heterocycles. The molecule has 13 N–H and O–H groups in total. The number of amides is 11. The van der Waals surface area contributed by atoms with Gasteiger partial charge in [-0.15, -0.1) is 0 Å². The summed E-state index contributed by atoms with van der Waals surface area (Å²) in [6.07, 6.45) is 0.499. The number of carbonyl (C=O) groups is 11. The van der Waals surface area contributed by atoms with Gasteiger partial charge in [0.15, 0.2) is 0 Å². The van der Waals surface area contributed by atoms with Crippen LogP contribution < -0.4 is 47.7 Å². The molecule has 11 atom stereocenters. The average Bonchev–Trinajstić information content (AvgIpc) is 4.11. The topological polar surface area (TPSA) is 407 Å². The maximum absolute atomic E-state index is 15.0. The van der Waals surface area contributed by atoms with Crippen molar-refractivity contribution < 1.29 is 77.0 Å². The molecule has 0 saturated carbocycles. The number of H-pyrrole nitrogens is 1. The molecule has 2 bridgehead atoms. The molecule has 4 aliphatic rings. The molecule has 0 aliphatic carbocycles. The Morgan fingerprint density at radius 1 is 0.818 bits per heavy atom. The predicted octanol–water partition coefficient (Wildman–Crippen LogP) is -4.76. The summed E-state index contributed by atoms with van der Waals surface area (Å²) in [6.45, 7) is 2.23. The zero-order valence-corrected chi connectivity index (χ0v) is 43.6. The molecule has 77 heavy (non-hydrogen) atoms. The molecule has 1 aromatic carbocycles. The number of nitrogens with two attached hydrogens (primary N) is 1. The van der Waals surface area contributed by atoms with Crippen molar-refractivity contribution >= 4 is 86.7 Å². The highest BCUT2D eigenvalue weighted by Gasteiger charge is 2.45. The molecule has 6 rings (SSSR count). The predicted molar refractivity (Wildman–Crippen MR) is 270 cm³/mol. The van der Waals surface area contributed by atoms with Crippen molar-refractivity contribution in [1.82, 2.24) is 52.0 Å². The third kappa shape index (κ3) is 15.0. The van der Waals surface area contributed by atoms with Crippen molar-refractivity contribution in [3.8, 4) is 5.75 Å². The molecule has 0 radical (unpaired) electrons. The third-order valence-electron chi connectivity index (χ3n) is 14.0. The molecule has 1 fully saturated rings. The lowest BCUT2D eigenvalue weighted by atomic mass is 9.93. The number of carbonyl (C=O) groups excluding carboxylic acids is 11. The number of primary amides is 1. The minimum Gasteiger partial charge on any atom is -0.494 e. The highest BCUT2D eigenvalue weighted by molar-refractivity contribution is 7.85. The van der Waals surface area contributed by atoms with Gasteiger partial charge in [-0.05, 0) is 36.5 Å². The molecule has 1 saturated heterocycles. The van der Waals surface area contributed by atoms with Crippen LogP contribution in [0, 0.1) is 11.8 Å². The second-order valence-corrected chi connectivity index (χ2v) is 21.0. The Morgan fingerprint density at radius 2 is 1.49 bits per heavy atom. The van der Waals surface area contributed by atoms with Crippen LogP contribution in [0.2, 0.25) is 0 Å². The third-order valence-corrected chi connectivity index (χ3v) is 15.4. The Labute approximate surface area is 444 Å². The summed E-state index contributed by atoms with van der Waals surface area (Å²) in [5, 5.41) is 49.1. The lowest BCUT2D eigenvalue weighted by molar-refractivity contribution is -0.144. The second-order valence-electron chi connectivity index (χ2n) is 19.6. The number of nitrogens with zero attached hydrogens (tertiary/aromatic N) is 2. The first-order chi connectivity index (χ1) is 36.6. The Balaban J connectivity index is 1.44. The van der Waals surface area contributed by atoms with E-state index in [4.69, 9.17) is 10.5 Å². The van der Waals surface area contributed by atoms with Crippen molar-refractivity contribution in [2.75, 3.05) is 45.1 Å². The highest BCUT2D eigenvalue weighted by Crippen LogP contribution is 2.31. The highest BCUT2D eigenvalue weighted by atomic mass is 32.2. The van der Waals surface area contributed by atoms with Crippen LogP contribution in [-0.2, 0) is 70.0 Å². The van der Waals surface area contributed by atoms with Gasteiger partial charge >= 0.3 is 0 Å². The maximum atomic E-state index is 15.0. The van der Waals surface area contributed by atoms with Gasteiger partial charge in [-0.3, -0.25) is 61.8 Å². The number of fused-ring (bicyclic) bond motifs is 5. The first-order valence-electron chi connectivity index (χ1n) is 25.4. The summed E-state index contributed by atoms with van der Waals surface area (Å²) in [6, 6.07) is -5.33. The van der Waals surface area contributed by atoms with E-state index in [1.54, 1.807) is 32.0 Å². The summed E-state index contributed by atoms with van der Waals surface area (Å²) >= 11 is 0. The summed E-state index contributed by atoms with van der Waals surface area (Å²) < 4.78 is 21.0. The molecule has 420 valence electrons. The lowest BCUT2D eigenvalue weighted by Crippen LogP contribution is -2.62. The van der Waals surface area contributed by atoms with Crippen LogP contribution in [0.3, 0.4) is 0 Å². The number of aromatic nitrogens is 1. The molecule has 1 unspecified atom stereocenters. The fourth-order valence-electron chi connectivity index (χ4n) is 9.35. The zero-order chi connectivity index (χ0) is 56.2. The van der Waals surface area contributed by atoms with E-state index in [1.165, 1.54) is 19.1 Å². The Kier molecular flexibility index (Phi) is 20.4. The molecule has 5 heterocycles. The largest absolute Gasteiger partial charge is 0.494 e. The van der Waals surface area contributed by atoms with Gasteiger partial charge in [0.05, 0.1) is 67.0 Å². The van der Waals surface area contributed by atoms with Crippen molar-refractivity contribution in [3.63, 3.8) is 0 Å².